The largest absolute Gasteiger partial charge is 0.497 e. The quantitative estimate of drug-likeness (QED) is 0.769. The van der Waals surface area contributed by atoms with Gasteiger partial charge < -0.3 is 19.3 Å². The van der Waals surface area contributed by atoms with E-state index >= 15 is 0 Å². The number of ether oxygens (including phenoxy) is 3. The molecule has 25 heavy (non-hydrogen) atoms. The molecule has 3 rings (SSSR count). The van der Waals surface area contributed by atoms with Crippen molar-refractivity contribution < 1.29 is 24.1 Å². The molecule has 5 nitrogen and oxygen atoms in total. The number of aliphatic hydroxyl groups is 1. The van der Waals surface area contributed by atoms with E-state index < -0.39 is 11.2 Å². The molecule has 2 aliphatic rings. The van der Waals surface area contributed by atoms with Crippen LogP contribution in [0.1, 0.15) is 32.3 Å². The minimum Gasteiger partial charge on any atom is -0.497 e. The maximum atomic E-state index is 12.3. The molecular weight excluding hydrogens is 320 g/mol. The van der Waals surface area contributed by atoms with E-state index in [2.05, 4.69) is 0 Å². The summed E-state index contributed by atoms with van der Waals surface area (Å²) >= 11 is 0. The minimum atomic E-state index is -1.42. The molecule has 1 fully saturated rings. The average Bonchev–Trinajstić information content (AvgIpc) is 3.00. The van der Waals surface area contributed by atoms with Crippen LogP contribution < -0.4 is 4.74 Å². The number of methoxy groups -OCH3 is 1. The van der Waals surface area contributed by atoms with Crippen molar-refractivity contribution in [3.8, 4) is 5.75 Å². The molecule has 0 radical (unpaired) electrons. The van der Waals surface area contributed by atoms with Crippen LogP contribution in [0.2, 0.25) is 0 Å². The van der Waals surface area contributed by atoms with Crippen LogP contribution in [-0.2, 0) is 20.9 Å². The molecule has 0 saturated carbocycles. The number of fused-ring (bicyclic) bond motifs is 1. The molecule has 1 aromatic carbocycles. The summed E-state index contributed by atoms with van der Waals surface area (Å²) in [6.45, 7) is 5.18. The molecule has 1 saturated heterocycles. The third-order valence-corrected chi connectivity index (χ3v) is 5.53. The normalized spacial score (nSPS) is 31.1. The molecule has 1 N–H and O–H groups in total. The van der Waals surface area contributed by atoms with Gasteiger partial charge in [0.05, 0.1) is 20.3 Å². The van der Waals surface area contributed by atoms with Gasteiger partial charge in [-0.2, -0.15) is 0 Å². The summed E-state index contributed by atoms with van der Waals surface area (Å²) in [6, 6.07) is 7.75. The van der Waals surface area contributed by atoms with Gasteiger partial charge in [0.2, 0.25) is 0 Å². The Morgan fingerprint density at radius 1 is 1.32 bits per heavy atom. The van der Waals surface area contributed by atoms with Gasteiger partial charge in [-0.05, 0) is 50.5 Å². The zero-order valence-corrected chi connectivity index (χ0v) is 15.1. The molecule has 136 valence electrons. The molecule has 0 unspecified atom stereocenters. The van der Waals surface area contributed by atoms with Crippen LogP contribution in [0.3, 0.4) is 0 Å². The summed E-state index contributed by atoms with van der Waals surface area (Å²) in [7, 11) is 1.64. The summed E-state index contributed by atoms with van der Waals surface area (Å²) in [6.07, 6.45) is 2.86. The van der Waals surface area contributed by atoms with Crippen molar-refractivity contribution >= 4 is 5.78 Å². The number of carbonyl (C=O) groups is 1. The first-order chi connectivity index (χ1) is 11.9. The summed E-state index contributed by atoms with van der Waals surface area (Å²) < 4.78 is 16.7. The number of hydrogen-bond donors (Lipinski definition) is 1. The van der Waals surface area contributed by atoms with Gasteiger partial charge in [-0.15, -0.1) is 0 Å². The lowest BCUT2D eigenvalue weighted by atomic mass is 9.74. The second kappa shape index (κ2) is 6.90. The fraction of sp³-hybridized carbons (Fsp3) is 0.550. The van der Waals surface area contributed by atoms with E-state index in [1.807, 2.05) is 38.1 Å². The van der Waals surface area contributed by atoms with E-state index in [0.717, 1.165) is 16.9 Å². The van der Waals surface area contributed by atoms with E-state index in [4.69, 9.17) is 14.2 Å². The highest BCUT2D eigenvalue weighted by Gasteiger charge is 2.64. The number of rotatable bonds is 7. The minimum absolute atomic E-state index is 0.217. The Balaban J connectivity index is 1.48. The van der Waals surface area contributed by atoms with Crippen molar-refractivity contribution in [2.45, 2.75) is 44.5 Å². The van der Waals surface area contributed by atoms with Crippen molar-refractivity contribution in [2.75, 3.05) is 20.3 Å². The number of carbonyl (C=O) groups excluding carboxylic acids is 1. The Labute approximate surface area is 148 Å². The molecule has 1 aliphatic heterocycles. The highest BCUT2D eigenvalue weighted by atomic mass is 16.5. The predicted molar refractivity (Wildman–Crippen MR) is 93.4 cm³/mol. The standard InChI is InChI=1S/C20H26O5/c1-14-11-18(21)20(22)17(14)13-25-19(20,2)9-4-10-24-12-15-5-7-16(23-3)8-6-15/h5-8,11,17,22H,4,9-10,12-13H2,1-3H3/t17-,19+,20+/m0/s1. The molecule has 1 aliphatic carbocycles. The van der Waals surface area contributed by atoms with Gasteiger partial charge in [0, 0.05) is 12.5 Å². The monoisotopic (exact) mass is 346 g/mol. The lowest BCUT2D eigenvalue weighted by Crippen LogP contribution is -2.55. The Bertz CT molecular complexity index is 665. The average molecular weight is 346 g/mol. The Hall–Kier alpha value is -1.69. The Kier molecular flexibility index (Phi) is 5.00. The van der Waals surface area contributed by atoms with E-state index in [0.29, 0.717) is 32.7 Å². The van der Waals surface area contributed by atoms with Crippen molar-refractivity contribution in [3.05, 3.63) is 41.5 Å². The van der Waals surface area contributed by atoms with Gasteiger partial charge in [-0.25, -0.2) is 0 Å². The number of ketones is 1. The fourth-order valence-electron chi connectivity index (χ4n) is 3.86. The van der Waals surface area contributed by atoms with E-state index in [9.17, 15) is 9.90 Å². The van der Waals surface area contributed by atoms with Crippen LogP contribution in [0.5, 0.6) is 5.75 Å². The van der Waals surface area contributed by atoms with Crippen LogP contribution in [-0.4, -0.2) is 42.4 Å². The molecule has 3 atom stereocenters. The maximum Gasteiger partial charge on any atom is 0.190 e. The molecule has 0 bridgehead atoms. The van der Waals surface area contributed by atoms with Crippen LogP contribution >= 0.6 is 0 Å². The molecular formula is C20H26O5. The first-order valence-corrected chi connectivity index (χ1v) is 8.70. The van der Waals surface area contributed by atoms with Crippen LogP contribution in [0.4, 0.5) is 0 Å². The second-order valence-corrected chi connectivity index (χ2v) is 7.12. The Morgan fingerprint density at radius 2 is 2.04 bits per heavy atom. The molecule has 0 aromatic heterocycles. The van der Waals surface area contributed by atoms with Gasteiger partial charge in [-0.1, -0.05) is 17.7 Å². The lowest BCUT2D eigenvalue weighted by molar-refractivity contribution is -0.154. The predicted octanol–water partition coefficient (Wildman–Crippen LogP) is 2.66. The summed E-state index contributed by atoms with van der Waals surface area (Å²) in [5.41, 5.74) is -0.292. The van der Waals surface area contributed by atoms with Gasteiger partial charge in [-0.3, -0.25) is 4.79 Å². The van der Waals surface area contributed by atoms with Crippen molar-refractivity contribution in [1.82, 2.24) is 0 Å². The highest BCUT2D eigenvalue weighted by molar-refractivity contribution is 6.02. The first kappa shape index (κ1) is 18.1. The highest BCUT2D eigenvalue weighted by Crippen LogP contribution is 2.49. The summed E-state index contributed by atoms with van der Waals surface area (Å²) in [4.78, 5) is 12.3. The third kappa shape index (κ3) is 3.12. The molecule has 1 heterocycles. The van der Waals surface area contributed by atoms with E-state index in [1.165, 1.54) is 0 Å². The fourth-order valence-corrected chi connectivity index (χ4v) is 3.86. The number of hydrogen-bond acceptors (Lipinski definition) is 5. The van der Waals surface area contributed by atoms with Gasteiger partial charge >= 0.3 is 0 Å². The second-order valence-electron chi connectivity index (χ2n) is 7.12. The third-order valence-electron chi connectivity index (χ3n) is 5.53. The summed E-state index contributed by atoms with van der Waals surface area (Å²) in [5, 5.41) is 11.0. The van der Waals surface area contributed by atoms with E-state index in [-0.39, 0.29) is 11.7 Å². The topological polar surface area (TPSA) is 65.0 Å². The van der Waals surface area contributed by atoms with Gasteiger partial charge in [0.25, 0.3) is 0 Å². The van der Waals surface area contributed by atoms with Crippen LogP contribution in [0.25, 0.3) is 0 Å². The van der Waals surface area contributed by atoms with Crippen LogP contribution in [0, 0.1) is 5.92 Å². The SMILES string of the molecule is COc1ccc(COCCC[C@@]2(C)OC[C@H]3C(C)=CC(=O)[C@]32O)cc1. The first-order valence-electron chi connectivity index (χ1n) is 8.70. The maximum absolute atomic E-state index is 12.3. The zero-order valence-electron chi connectivity index (χ0n) is 15.1. The van der Waals surface area contributed by atoms with Crippen molar-refractivity contribution in [1.29, 1.82) is 0 Å². The van der Waals surface area contributed by atoms with Gasteiger partial charge in [0.1, 0.15) is 11.4 Å². The van der Waals surface area contributed by atoms with E-state index in [1.54, 1.807) is 13.2 Å². The van der Waals surface area contributed by atoms with Crippen molar-refractivity contribution in [3.63, 3.8) is 0 Å². The zero-order chi connectivity index (χ0) is 18.1. The summed E-state index contributed by atoms with van der Waals surface area (Å²) in [5.74, 6) is 0.377. The molecule has 0 amide bonds. The van der Waals surface area contributed by atoms with Crippen LogP contribution in [0.15, 0.2) is 35.9 Å². The molecule has 1 aromatic rings. The van der Waals surface area contributed by atoms with Gasteiger partial charge in [0.15, 0.2) is 11.4 Å². The molecule has 0 spiro atoms. The smallest absolute Gasteiger partial charge is 0.190 e. The Morgan fingerprint density at radius 3 is 2.72 bits per heavy atom. The molecule has 5 heteroatoms. The van der Waals surface area contributed by atoms with Crippen molar-refractivity contribution in [2.24, 2.45) is 5.92 Å². The number of benzene rings is 1. The lowest BCUT2D eigenvalue weighted by Gasteiger charge is -2.36.